The summed E-state index contributed by atoms with van der Waals surface area (Å²) >= 11 is 1.30. The molecule has 9 heteroatoms. The Kier molecular flexibility index (Phi) is 8.37. The fourth-order valence-electron chi connectivity index (χ4n) is 3.12. The van der Waals surface area contributed by atoms with E-state index in [1.54, 1.807) is 30.3 Å². The number of fused-ring (bicyclic) bond motifs is 1. The molecule has 0 aliphatic carbocycles. The molecule has 3 aromatic rings. The highest BCUT2D eigenvalue weighted by Crippen LogP contribution is 2.29. The van der Waals surface area contributed by atoms with E-state index in [1.807, 2.05) is 39.0 Å². The van der Waals surface area contributed by atoms with E-state index in [9.17, 15) is 14.4 Å². The van der Waals surface area contributed by atoms with Gasteiger partial charge in [0.25, 0.3) is 11.8 Å². The minimum atomic E-state index is -0.857. The molecular weight excluding hydrogens is 442 g/mol. The summed E-state index contributed by atoms with van der Waals surface area (Å²) in [7, 11) is 0. The number of thiazole rings is 1. The number of rotatable bonds is 10. The zero-order chi connectivity index (χ0) is 23.8. The van der Waals surface area contributed by atoms with E-state index in [2.05, 4.69) is 15.6 Å². The average molecular weight is 470 g/mol. The molecule has 3 rings (SSSR count). The zero-order valence-electron chi connectivity index (χ0n) is 18.8. The predicted molar refractivity (Wildman–Crippen MR) is 128 cm³/mol. The molecule has 2 aromatic carbocycles. The van der Waals surface area contributed by atoms with Crippen molar-refractivity contribution in [2.75, 3.05) is 18.5 Å². The van der Waals surface area contributed by atoms with Crippen molar-refractivity contribution in [3.8, 4) is 5.75 Å². The number of esters is 1. The summed E-state index contributed by atoms with van der Waals surface area (Å²) in [6.45, 7) is 5.86. The summed E-state index contributed by atoms with van der Waals surface area (Å²) in [5, 5.41) is 5.75. The lowest BCUT2D eigenvalue weighted by Crippen LogP contribution is -2.43. The SMILES string of the molecule is CCOc1ccc2nc(NC(=O)COC(=O)C(CC(C)C)NC(=O)c3ccccc3)sc2c1. The van der Waals surface area contributed by atoms with Gasteiger partial charge in [0.15, 0.2) is 11.7 Å². The monoisotopic (exact) mass is 469 g/mol. The van der Waals surface area contributed by atoms with Gasteiger partial charge in [-0.2, -0.15) is 0 Å². The number of hydrogen-bond donors (Lipinski definition) is 2. The number of nitrogens with zero attached hydrogens (tertiary/aromatic N) is 1. The van der Waals surface area contributed by atoms with E-state index in [1.165, 1.54) is 11.3 Å². The number of ether oxygens (including phenoxy) is 2. The Morgan fingerprint density at radius 1 is 1.09 bits per heavy atom. The zero-order valence-corrected chi connectivity index (χ0v) is 19.6. The van der Waals surface area contributed by atoms with E-state index in [0.717, 1.165) is 16.0 Å². The lowest BCUT2D eigenvalue weighted by atomic mass is 10.0. The first-order chi connectivity index (χ1) is 15.9. The maximum absolute atomic E-state index is 12.6. The summed E-state index contributed by atoms with van der Waals surface area (Å²) in [5.74, 6) is -0.673. The number of benzene rings is 2. The molecule has 0 radical (unpaired) electrons. The largest absolute Gasteiger partial charge is 0.494 e. The van der Waals surface area contributed by atoms with E-state index >= 15 is 0 Å². The number of aromatic nitrogens is 1. The van der Waals surface area contributed by atoms with Crippen molar-refractivity contribution in [1.29, 1.82) is 0 Å². The summed E-state index contributed by atoms with van der Waals surface area (Å²) in [5.41, 5.74) is 1.18. The van der Waals surface area contributed by atoms with Gasteiger partial charge in [0.05, 0.1) is 16.8 Å². The van der Waals surface area contributed by atoms with Crippen LogP contribution in [0.5, 0.6) is 5.75 Å². The molecule has 33 heavy (non-hydrogen) atoms. The first-order valence-electron chi connectivity index (χ1n) is 10.7. The van der Waals surface area contributed by atoms with Crippen LogP contribution in [0.3, 0.4) is 0 Å². The molecule has 2 amide bonds. The van der Waals surface area contributed by atoms with Crippen LogP contribution in [0.2, 0.25) is 0 Å². The van der Waals surface area contributed by atoms with E-state index < -0.39 is 24.5 Å². The van der Waals surface area contributed by atoms with Crippen LogP contribution in [0.4, 0.5) is 5.13 Å². The fourth-order valence-corrected chi connectivity index (χ4v) is 4.03. The Labute approximate surface area is 196 Å². The first kappa shape index (κ1) is 24.2. The quantitative estimate of drug-likeness (QED) is 0.435. The van der Waals surface area contributed by atoms with Crippen LogP contribution in [-0.4, -0.2) is 42.0 Å². The maximum Gasteiger partial charge on any atom is 0.329 e. The van der Waals surface area contributed by atoms with Crippen LogP contribution in [0.1, 0.15) is 37.6 Å². The second kappa shape index (κ2) is 11.4. The minimum Gasteiger partial charge on any atom is -0.494 e. The van der Waals surface area contributed by atoms with Crippen LogP contribution in [0, 0.1) is 5.92 Å². The van der Waals surface area contributed by atoms with Crippen LogP contribution < -0.4 is 15.4 Å². The molecule has 0 bridgehead atoms. The third-order valence-corrected chi connectivity index (χ3v) is 5.53. The molecule has 0 aliphatic heterocycles. The average Bonchev–Trinajstić information content (AvgIpc) is 3.19. The molecule has 1 aromatic heterocycles. The second-order valence-electron chi connectivity index (χ2n) is 7.76. The highest BCUT2D eigenvalue weighted by Gasteiger charge is 2.25. The fraction of sp³-hybridized carbons (Fsp3) is 0.333. The van der Waals surface area contributed by atoms with E-state index in [4.69, 9.17) is 9.47 Å². The van der Waals surface area contributed by atoms with Crippen molar-refractivity contribution in [3.05, 3.63) is 54.1 Å². The smallest absolute Gasteiger partial charge is 0.329 e. The van der Waals surface area contributed by atoms with Gasteiger partial charge in [0.1, 0.15) is 11.8 Å². The van der Waals surface area contributed by atoms with Crippen molar-refractivity contribution in [2.45, 2.75) is 33.2 Å². The highest BCUT2D eigenvalue weighted by molar-refractivity contribution is 7.22. The number of nitrogens with one attached hydrogen (secondary N) is 2. The van der Waals surface area contributed by atoms with E-state index in [-0.39, 0.29) is 11.8 Å². The maximum atomic E-state index is 12.6. The molecule has 0 spiro atoms. The van der Waals surface area contributed by atoms with Crippen LogP contribution in [0.25, 0.3) is 10.2 Å². The first-order valence-corrected chi connectivity index (χ1v) is 11.5. The van der Waals surface area contributed by atoms with Crippen LogP contribution in [-0.2, 0) is 14.3 Å². The number of hydrogen-bond acceptors (Lipinski definition) is 7. The predicted octanol–water partition coefficient (Wildman–Crippen LogP) is 4.02. The lowest BCUT2D eigenvalue weighted by Gasteiger charge is -2.19. The van der Waals surface area contributed by atoms with Gasteiger partial charge in [-0.3, -0.25) is 14.9 Å². The standard InChI is InChI=1S/C24H27N3O5S/c1-4-31-17-10-11-18-20(13-17)33-24(26-18)27-21(28)14-32-23(30)19(12-15(2)3)25-22(29)16-8-6-5-7-9-16/h5-11,13,15,19H,4,12,14H2,1-3H3,(H,25,29)(H,26,27,28). The van der Waals surface area contributed by atoms with Crippen molar-refractivity contribution in [2.24, 2.45) is 5.92 Å². The lowest BCUT2D eigenvalue weighted by molar-refractivity contribution is -0.149. The molecule has 1 heterocycles. The van der Waals surface area contributed by atoms with Gasteiger partial charge in [-0.1, -0.05) is 43.4 Å². The molecule has 0 saturated heterocycles. The van der Waals surface area contributed by atoms with Gasteiger partial charge in [-0.25, -0.2) is 9.78 Å². The molecular formula is C24H27N3O5S. The van der Waals surface area contributed by atoms with Gasteiger partial charge in [0, 0.05) is 5.56 Å². The van der Waals surface area contributed by atoms with Crippen LogP contribution >= 0.6 is 11.3 Å². The number of anilines is 1. The van der Waals surface area contributed by atoms with Gasteiger partial charge < -0.3 is 14.8 Å². The summed E-state index contributed by atoms with van der Waals surface area (Å²) in [6, 6.07) is 13.3. The van der Waals surface area contributed by atoms with Crippen molar-refractivity contribution in [1.82, 2.24) is 10.3 Å². The molecule has 0 fully saturated rings. The highest BCUT2D eigenvalue weighted by atomic mass is 32.1. The Bertz CT molecular complexity index is 1110. The topological polar surface area (TPSA) is 107 Å². The van der Waals surface area contributed by atoms with Gasteiger partial charge in [0.2, 0.25) is 0 Å². The molecule has 2 N–H and O–H groups in total. The Balaban J connectivity index is 1.57. The molecule has 8 nitrogen and oxygen atoms in total. The normalized spacial score (nSPS) is 11.8. The second-order valence-corrected chi connectivity index (χ2v) is 8.79. The van der Waals surface area contributed by atoms with Crippen molar-refractivity contribution < 1.29 is 23.9 Å². The third-order valence-electron chi connectivity index (χ3n) is 4.60. The number of carbonyl (C=O) groups is 3. The third kappa shape index (κ3) is 7.01. The van der Waals surface area contributed by atoms with Crippen molar-refractivity contribution >= 4 is 44.5 Å². The Hall–Kier alpha value is -3.46. The summed E-state index contributed by atoms with van der Waals surface area (Å²) in [6.07, 6.45) is 0.388. The molecule has 1 atom stereocenters. The Morgan fingerprint density at radius 3 is 2.55 bits per heavy atom. The molecule has 0 aliphatic rings. The molecule has 0 saturated carbocycles. The number of amides is 2. The number of carbonyl (C=O) groups excluding carboxylic acids is 3. The van der Waals surface area contributed by atoms with E-state index in [0.29, 0.717) is 23.7 Å². The van der Waals surface area contributed by atoms with Gasteiger partial charge in [-0.05, 0) is 49.6 Å². The van der Waals surface area contributed by atoms with Gasteiger partial charge >= 0.3 is 5.97 Å². The molecule has 174 valence electrons. The Morgan fingerprint density at radius 2 is 1.85 bits per heavy atom. The minimum absolute atomic E-state index is 0.136. The van der Waals surface area contributed by atoms with Crippen molar-refractivity contribution in [3.63, 3.8) is 0 Å². The molecule has 1 unspecified atom stereocenters. The van der Waals surface area contributed by atoms with Gasteiger partial charge in [-0.15, -0.1) is 0 Å². The summed E-state index contributed by atoms with van der Waals surface area (Å²) < 4.78 is 11.5. The summed E-state index contributed by atoms with van der Waals surface area (Å²) in [4.78, 5) is 41.7. The van der Waals surface area contributed by atoms with Crippen LogP contribution in [0.15, 0.2) is 48.5 Å².